The van der Waals surface area contributed by atoms with Crippen LogP contribution in [-0.4, -0.2) is 4.57 Å². The lowest BCUT2D eigenvalue weighted by atomic mass is 10.0. The number of aromatic nitrogens is 1. The molecule has 22 heavy (non-hydrogen) atoms. The fraction of sp³-hybridized carbons (Fsp3) is 0.105. The van der Waals surface area contributed by atoms with E-state index in [-0.39, 0.29) is 0 Å². The Labute approximate surface area is 134 Å². The number of allylic oxidation sites excluding steroid dienone is 1. The van der Waals surface area contributed by atoms with Crippen molar-refractivity contribution in [1.82, 2.24) is 4.57 Å². The summed E-state index contributed by atoms with van der Waals surface area (Å²) < 4.78 is 2.15. The monoisotopic (exact) mass is 306 g/mol. The molecule has 0 bridgehead atoms. The minimum Gasteiger partial charge on any atom is -0.347 e. The predicted octanol–water partition coefficient (Wildman–Crippen LogP) is 5.20. The van der Waals surface area contributed by atoms with Crippen molar-refractivity contribution < 1.29 is 0 Å². The normalized spacial score (nSPS) is 11.6. The average Bonchev–Trinajstić information content (AvgIpc) is 2.78. The summed E-state index contributed by atoms with van der Waals surface area (Å²) in [4.78, 5) is 0. The molecule has 3 rings (SSSR count). The highest BCUT2D eigenvalue weighted by molar-refractivity contribution is 6.30. The molecule has 3 aromatic rings. The first-order valence-electron chi connectivity index (χ1n) is 7.03. The van der Waals surface area contributed by atoms with Crippen molar-refractivity contribution in [3.63, 3.8) is 0 Å². The van der Waals surface area contributed by atoms with Crippen LogP contribution in [0, 0.1) is 18.3 Å². The molecular formula is C19H15ClN2. The maximum absolute atomic E-state index is 9.52. The molecule has 0 aliphatic heterocycles. The highest BCUT2D eigenvalue weighted by Gasteiger charge is 2.11. The standard InChI is InChI=1S/C19H15ClN2/c1-13-18(17-5-3-4-6-19(17)22(13)2)11-15(12-21)14-7-9-16(20)10-8-14/h3-11H,1-2H3/b15-11-. The molecule has 0 amide bonds. The number of nitrogens with zero attached hydrogens (tertiary/aromatic N) is 2. The number of benzene rings is 2. The van der Waals surface area contributed by atoms with E-state index in [1.165, 1.54) is 5.52 Å². The van der Waals surface area contributed by atoms with Gasteiger partial charge in [0.25, 0.3) is 0 Å². The van der Waals surface area contributed by atoms with Crippen molar-refractivity contribution >= 4 is 34.2 Å². The summed E-state index contributed by atoms with van der Waals surface area (Å²) in [5.74, 6) is 0. The third-order valence-electron chi connectivity index (χ3n) is 4.01. The van der Waals surface area contributed by atoms with Crippen LogP contribution in [0.5, 0.6) is 0 Å². The minimum atomic E-state index is 0.635. The summed E-state index contributed by atoms with van der Waals surface area (Å²) in [7, 11) is 2.04. The Bertz CT molecular complexity index is 909. The second-order valence-electron chi connectivity index (χ2n) is 5.25. The Morgan fingerprint density at radius 2 is 1.82 bits per heavy atom. The molecule has 0 radical (unpaired) electrons. The Balaban J connectivity index is 2.20. The Kier molecular flexibility index (Phi) is 3.75. The second-order valence-corrected chi connectivity index (χ2v) is 5.69. The topological polar surface area (TPSA) is 28.7 Å². The Morgan fingerprint density at radius 1 is 1.14 bits per heavy atom. The molecule has 0 saturated heterocycles. The number of para-hydroxylation sites is 1. The fourth-order valence-electron chi connectivity index (χ4n) is 2.69. The van der Waals surface area contributed by atoms with Gasteiger partial charge in [-0.05, 0) is 36.8 Å². The van der Waals surface area contributed by atoms with E-state index < -0.39 is 0 Å². The van der Waals surface area contributed by atoms with Gasteiger partial charge in [-0.25, -0.2) is 0 Å². The molecule has 0 saturated carbocycles. The van der Waals surface area contributed by atoms with Gasteiger partial charge in [-0.2, -0.15) is 5.26 Å². The molecule has 3 heteroatoms. The first kappa shape index (κ1) is 14.4. The summed E-state index contributed by atoms with van der Waals surface area (Å²) in [6, 6.07) is 17.9. The van der Waals surface area contributed by atoms with E-state index in [4.69, 9.17) is 11.6 Å². The van der Waals surface area contributed by atoms with Crippen LogP contribution < -0.4 is 0 Å². The Morgan fingerprint density at radius 3 is 2.50 bits per heavy atom. The van der Waals surface area contributed by atoms with Crippen LogP contribution in [0.3, 0.4) is 0 Å². The second kappa shape index (κ2) is 5.71. The van der Waals surface area contributed by atoms with Crippen molar-refractivity contribution in [3.05, 3.63) is 70.4 Å². The summed E-state index contributed by atoms with van der Waals surface area (Å²) in [5.41, 5.74) is 4.91. The average molecular weight is 307 g/mol. The molecule has 2 aromatic carbocycles. The molecule has 108 valence electrons. The van der Waals surface area contributed by atoms with Gasteiger partial charge in [-0.3, -0.25) is 0 Å². The molecular weight excluding hydrogens is 292 g/mol. The fourth-order valence-corrected chi connectivity index (χ4v) is 2.81. The SMILES string of the molecule is Cc1c(/C=C(/C#N)c2ccc(Cl)cc2)c2ccccc2n1C. The van der Waals surface area contributed by atoms with E-state index in [0.717, 1.165) is 22.2 Å². The molecule has 0 aliphatic carbocycles. The molecule has 0 N–H and O–H groups in total. The molecule has 0 unspecified atom stereocenters. The quantitative estimate of drug-likeness (QED) is 0.598. The van der Waals surface area contributed by atoms with Crippen LogP contribution in [0.1, 0.15) is 16.8 Å². The van der Waals surface area contributed by atoms with Crippen molar-refractivity contribution in [2.75, 3.05) is 0 Å². The number of hydrogen-bond acceptors (Lipinski definition) is 1. The van der Waals surface area contributed by atoms with Crippen LogP contribution in [0.15, 0.2) is 48.5 Å². The third-order valence-corrected chi connectivity index (χ3v) is 4.26. The van der Waals surface area contributed by atoms with Gasteiger partial charge in [0.05, 0.1) is 11.6 Å². The van der Waals surface area contributed by atoms with Crippen LogP contribution in [-0.2, 0) is 7.05 Å². The Hall–Kier alpha value is -2.50. The van der Waals surface area contributed by atoms with Crippen molar-refractivity contribution in [2.24, 2.45) is 7.05 Å². The van der Waals surface area contributed by atoms with Crippen molar-refractivity contribution in [2.45, 2.75) is 6.92 Å². The van der Waals surface area contributed by atoms with E-state index >= 15 is 0 Å². The van der Waals surface area contributed by atoms with Gasteiger partial charge in [-0.15, -0.1) is 0 Å². The number of hydrogen-bond donors (Lipinski definition) is 0. The highest BCUT2D eigenvalue weighted by atomic mass is 35.5. The molecule has 2 nitrogen and oxygen atoms in total. The number of halogens is 1. The van der Waals surface area contributed by atoms with E-state index in [2.05, 4.69) is 29.7 Å². The summed E-state index contributed by atoms with van der Waals surface area (Å²) in [6.07, 6.45) is 1.96. The number of rotatable bonds is 2. The molecule has 1 aromatic heterocycles. The van der Waals surface area contributed by atoms with E-state index in [0.29, 0.717) is 10.6 Å². The van der Waals surface area contributed by atoms with Gasteiger partial charge >= 0.3 is 0 Å². The lowest BCUT2D eigenvalue weighted by Gasteiger charge is -2.01. The summed E-state index contributed by atoms with van der Waals surface area (Å²) in [5, 5.41) is 11.3. The van der Waals surface area contributed by atoms with Gasteiger partial charge in [0.2, 0.25) is 0 Å². The van der Waals surface area contributed by atoms with Gasteiger partial charge in [-0.1, -0.05) is 41.9 Å². The van der Waals surface area contributed by atoms with Gasteiger partial charge in [0.1, 0.15) is 0 Å². The largest absolute Gasteiger partial charge is 0.347 e. The number of nitriles is 1. The predicted molar refractivity (Wildman–Crippen MR) is 92.6 cm³/mol. The van der Waals surface area contributed by atoms with Crippen LogP contribution in [0.2, 0.25) is 5.02 Å². The first-order chi connectivity index (χ1) is 10.6. The zero-order valence-electron chi connectivity index (χ0n) is 12.5. The molecule has 0 atom stereocenters. The number of aryl methyl sites for hydroxylation is 1. The van der Waals surface area contributed by atoms with E-state index in [1.807, 2.05) is 37.4 Å². The first-order valence-corrected chi connectivity index (χ1v) is 7.41. The van der Waals surface area contributed by atoms with Gasteiger partial charge in [0.15, 0.2) is 0 Å². The van der Waals surface area contributed by atoms with E-state index in [1.54, 1.807) is 12.1 Å². The van der Waals surface area contributed by atoms with E-state index in [9.17, 15) is 5.26 Å². The maximum Gasteiger partial charge on any atom is 0.0998 e. The van der Waals surface area contributed by atoms with Gasteiger partial charge < -0.3 is 4.57 Å². The third kappa shape index (κ3) is 2.41. The zero-order chi connectivity index (χ0) is 15.7. The van der Waals surface area contributed by atoms with Crippen molar-refractivity contribution in [3.8, 4) is 6.07 Å². The number of fused-ring (bicyclic) bond motifs is 1. The molecule has 1 heterocycles. The highest BCUT2D eigenvalue weighted by Crippen LogP contribution is 2.29. The summed E-state index contributed by atoms with van der Waals surface area (Å²) >= 11 is 5.92. The minimum absolute atomic E-state index is 0.635. The van der Waals surface area contributed by atoms with Crippen LogP contribution in [0.4, 0.5) is 0 Å². The summed E-state index contributed by atoms with van der Waals surface area (Å²) in [6.45, 7) is 2.07. The molecule has 0 fully saturated rings. The maximum atomic E-state index is 9.52. The van der Waals surface area contributed by atoms with Crippen molar-refractivity contribution in [1.29, 1.82) is 5.26 Å². The van der Waals surface area contributed by atoms with Crippen LogP contribution >= 0.6 is 11.6 Å². The lowest BCUT2D eigenvalue weighted by molar-refractivity contribution is 0.916. The smallest absolute Gasteiger partial charge is 0.0998 e. The lowest BCUT2D eigenvalue weighted by Crippen LogP contribution is -1.90. The van der Waals surface area contributed by atoms with Crippen LogP contribution in [0.25, 0.3) is 22.6 Å². The molecule has 0 spiro atoms. The van der Waals surface area contributed by atoms with Gasteiger partial charge in [0, 0.05) is 34.2 Å². The zero-order valence-corrected chi connectivity index (χ0v) is 13.2. The molecule has 0 aliphatic rings.